The zero-order chi connectivity index (χ0) is 103. The lowest BCUT2D eigenvalue weighted by Crippen LogP contribution is -2.14. The molecule has 0 saturated heterocycles. The van der Waals surface area contributed by atoms with Crippen LogP contribution in [0.25, 0.3) is 107 Å². The Hall–Kier alpha value is -15.9. The molecule has 0 atom stereocenters. The quantitative estimate of drug-likeness (QED) is 0.0305. The Labute approximate surface area is 833 Å². The van der Waals surface area contributed by atoms with Crippen molar-refractivity contribution in [2.75, 3.05) is 5.75 Å². The van der Waals surface area contributed by atoms with Gasteiger partial charge in [0.05, 0.1) is 4.88 Å². The number of hydrogen-bond donors (Lipinski definition) is 6. The molecule has 6 aromatic heterocycles. The fourth-order valence-electron chi connectivity index (χ4n) is 16.2. The second kappa shape index (κ2) is 41.2. The third-order valence-corrected chi connectivity index (χ3v) is 30.4. The molecule has 6 N–H and O–H groups in total. The molecule has 6 heterocycles. The van der Waals surface area contributed by atoms with Crippen molar-refractivity contribution >= 4 is 225 Å². The molecule has 36 heteroatoms. The number of thiophene rings is 2. The van der Waals surface area contributed by atoms with Crippen molar-refractivity contribution in [1.29, 1.82) is 0 Å². The van der Waals surface area contributed by atoms with Crippen molar-refractivity contribution in [3.05, 3.63) is 447 Å². The van der Waals surface area contributed by atoms with E-state index in [9.17, 15) is 102 Å². The van der Waals surface area contributed by atoms with E-state index >= 15 is 0 Å². The highest BCUT2D eigenvalue weighted by molar-refractivity contribution is 7.87. The maximum atomic E-state index is 13.1. The van der Waals surface area contributed by atoms with Gasteiger partial charge in [-0.2, -0.15) is 50.5 Å². The fraction of sp³-hybridized carbons (Fsp3) is 0.0275. The first-order valence-electron chi connectivity index (χ1n) is 43.3. The van der Waals surface area contributed by atoms with Gasteiger partial charge in [-0.15, -0.1) is 22.7 Å². The van der Waals surface area contributed by atoms with Crippen LogP contribution in [0.5, 0.6) is 0 Å². The van der Waals surface area contributed by atoms with Crippen LogP contribution in [-0.4, -0.2) is 118 Å². The first-order chi connectivity index (χ1) is 69.1. The van der Waals surface area contributed by atoms with E-state index in [0.29, 0.717) is 60.6 Å². The highest BCUT2D eigenvalue weighted by Gasteiger charge is 2.30. The summed E-state index contributed by atoms with van der Waals surface area (Å²) in [5, 5.41) is 8.56. The summed E-state index contributed by atoms with van der Waals surface area (Å²) < 4.78 is 218. The molecule has 0 fully saturated rings. The standard InChI is InChI=1S/C27H20O5S.C19H12O5S.C19H12O4S2.C15H10O5S.C15H10O4S2.C14H10O5S/c1-17-6-8-18(9-7-17)14-19-10-12-24-22(15-19)23-16-20(11-13-25(23)32-24)27(28)21-4-2-3-5-26(21)33(29,30)31;2*20-19(14-6-2-4-8-18(14)25(21,22)23)12-9-10-17-15(11-12)13-5-1-3-7-16(13)24-17;2*16-15(11-6-2-4-8-14(11)21(17,18)19)13-9-10-5-1-3-7-12(10)20-13;15-12(8-20(16,17)18)9-5-6-14-11(7-9)10-3-1-2-4-13(10)19-14/h2-13,15-16H,14H2,1H3,(H,29,30,31);2*1-11H,(H,21,22,23);2*1-9H,(H,17,18,19);1-7H,8H2,(H,16,17,18). The average molecular weight is 2090 g/mol. The van der Waals surface area contributed by atoms with Crippen molar-refractivity contribution in [1.82, 2.24) is 0 Å². The van der Waals surface area contributed by atoms with E-state index in [-0.39, 0.29) is 48.9 Å². The van der Waals surface area contributed by atoms with E-state index in [1.807, 2.05) is 115 Å². The Morgan fingerprint density at radius 3 is 1.01 bits per heavy atom. The van der Waals surface area contributed by atoms with Gasteiger partial charge in [-0.05, 0) is 218 Å². The van der Waals surface area contributed by atoms with E-state index in [1.165, 1.54) is 126 Å². The number of para-hydroxylation sites is 3. The van der Waals surface area contributed by atoms with Gasteiger partial charge in [-0.25, -0.2) is 0 Å². The van der Waals surface area contributed by atoms with E-state index in [2.05, 4.69) is 37.3 Å². The van der Waals surface area contributed by atoms with E-state index < -0.39 is 116 Å². The highest BCUT2D eigenvalue weighted by atomic mass is 32.2. The SMILES string of the molecule is Cc1ccc(Cc2ccc3oc4ccc(C(=O)c5ccccc5S(=O)(=O)O)cc4c3c2)cc1.O=C(CS(=O)(=O)O)c1ccc2oc3ccccc3c2c1.O=C(c1cc2ccccc2o1)c1ccccc1S(=O)(=O)O.O=C(c1cc2ccccc2s1)c1ccccc1S(=O)(=O)O.O=C(c1ccc2oc3ccccc3c2c1)c1ccccc1S(=O)(=O)O.O=C(c1ccc2sc3ccccc3c2c1)c1ccccc1S(=O)(=O)O. The Kier molecular flexibility index (Phi) is 28.6. The van der Waals surface area contributed by atoms with Gasteiger partial charge in [0.25, 0.3) is 60.7 Å². The van der Waals surface area contributed by atoms with Crippen LogP contribution in [0.15, 0.2) is 412 Å². The minimum atomic E-state index is -4.53. The maximum Gasteiger partial charge on any atom is 0.295 e. The molecule has 0 bridgehead atoms. The molecule has 22 aromatic rings. The van der Waals surface area contributed by atoms with Crippen molar-refractivity contribution in [3.63, 3.8) is 0 Å². The van der Waals surface area contributed by atoms with Crippen molar-refractivity contribution in [2.45, 2.75) is 37.8 Å². The second-order valence-corrected chi connectivity index (χ2v) is 43.3. The number of carbonyl (C=O) groups excluding carboxylic acids is 6. The molecule has 28 nitrogen and oxygen atoms in total. The molecule has 0 unspecified atom stereocenters. The van der Waals surface area contributed by atoms with E-state index in [1.54, 1.807) is 133 Å². The van der Waals surface area contributed by atoms with Gasteiger partial charge in [0.1, 0.15) is 69.3 Å². The second-order valence-electron chi connectivity index (χ2n) is 32.7. The number of fused-ring (bicyclic) bond motifs is 14. The summed E-state index contributed by atoms with van der Waals surface area (Å²) >= 11 is 2.93. The van der Waals surface area contributed by atoms with Crippen molar-refractivity contribution < 1.29 is 124 Å². The number of aryl methyl sites for hydroxylation is 1. The number of hydrogen-bond acceptors (Lipinski definition) is 24. The molecule has 0 amide bonds. The molecular weight excluding hydrogens is 2010 g/mol. The molecule has 0 aliphatic rings. The van der Waals surface area contributed by atoms with Gasteiger partial charge in [-0.3, -0.25) is 56.1 Å². The van der Waals surface area contributed by atoms with Crippen molar-refractivity contribution in [3.8, 4) is 0 Å². The Morgan fingerprint density at radius 1 is 0.248 bits per heavy atom. The van der Waals surface area contributed by atoms with Crippen LogP contribution < -0.4 is 0 Å². The molecular formula is C109H74O28S8. The fourth-order valence-corrected chi connectivity index (χ4v) is 22.3. The van der Waals surface area contributed by atoms with Crippen LogP contribution in [0.4, 0.5) is 0 Å². The summed E-state index contributed by atoms with van der Waals surface area (Å²) in [5.41, 5.74) is 8.96. The van der Waals surface area contributed by atoms with E-state index in [0.717, 1.165) is 79.9 Å². The van der Waals surface area contributed by atoms with E-state index in [4.69, 9.17) is 22.2 Å². The number of Topliss-reactive ketones (excluding diaryl/α,β-unsaturated/α-hetero) is 1. The first kappa shape index (κ1) is 101. The molecule has 0 aliphatic carbocycles. The number of rotatable bonds is 20. The van der Waals surface area contributed by atoms with Crippen LogP contribution in [0.1, 0.15) is 106 Å². The monoisotopic (exact) mass is 2090 g/mol. The Bertz CT molecular complexity index is 9330. The normalized spacial score (nSPS) is 11.8. The maximum absolute atomic E-state index is 13.1. The predicted molar refractivity (Wildman–Crippen MR) is 552 cm³/mol. The van der Waals surface area contributed by atoms with Gasteiger partial charge in [0, 0.05) is 113 Å². The minimum Gasteiger partial charge on any atom is -0.456 e. The number of carbonyl (C=O) groups is 6. The summed E-state index contributed by atoms with van der Waals surface area (Å²) in [7, 11) is -26.7. The molecule has 726 valence electrons. The van der Waals surface area contributed by atoms with Gasteiger partial charge in [-0.1, -0.05) is 188 Å². The molecule has 145 heavy (non-hydrogen) atoms. The van der Waals surface area contributed by atoms with Gasteiger partial charge >= 0.3 is 0 Å². The topological polar surface area (TPSA) is 481 Å². The lowest BCUT2D eigenvalue weighted by Gasteiger charge is -2.06. The number of ketones is 6. The third-order valence-electron chi connectivity index (χ3n) is 23.0. The minimum absolute atomic E-state index is 0.0206. The Morgan fingerprint density at radius 2 is 0.572 bits per heavy atom. The summed E-state index contributed by atoms with van der Waals surface area (Å²) in [6.45, 7) is 2.06. The highest BCUT2D eigenvalue weighted by Crippen LogP contribution is 2.39. The molecule has 0 spiro atoms. The van der Waals surface area contributed by atoms with Crippen molar-refractivity contribution in [2.24, 2.45) is 0 Å². The van der Waals surface area contributed by atoms with Crippen LogP contribution in [-0.2, 0) is 67.1 Å². The third kappa shape index (κ3) is 22.6. The van der Waals surface area contributed by atoms with Crippen LogP contribution in [0.3, 0.4) is 0 Å². The molecule has 0 saturated carbocycles. The van der Waals surface area contributed by atoms with Crippen LogP contribution >= 0.6 is 22.7 Å². The first-order valence-corrected chi connectivity index (χ1v) is 53.8. The largest absolute Gasteiger partial charge is 0.456 e. The van der Waals surface area contributed by atoms with Gasteiger partial charge in [0.15, 0.2) is 28.9 Å². The van der Waals surface area contributed by atoms with Gasteiger partial charge in [0.2, 0.25) is 11.6 Å². The van der Waals surface area contributed by atoms with Gasteiger partial charge < -0.3 is 17.7 Å². The summed E-state index contributed by atoms with van der Waals surface area (Å²) in [6.07, 6.45) is 0.767. The zero-order valence-electron chi connectivity index (χ0n) is 75.1. The zero-order valence-corrected chi connectivity index (χ0v) is 81.6. The predicted octanol–water partition coefficient (Wildman–Crippen LogP) is 23.5. The smallest absolute Gasteiger partial charge is 0.295 e. The summed E-state index contributed by atoms with van der Waals surface area (Å²) in [4.78, 5) is 74.0. The number of furan rings is 4. The molecule has 0 radical (unpaired) electrons. The molecule has 22 rings (SSSR count). The van der Waals surface area contributed by atoms with Crippen LogP contribution in [0.2, 0.25) is 0 Å². The summed E-state index contributed by atoms with van der Waals surface area (Å²) in [6, 6.07) is 103. The summed E-state index contributed by atoms with van der Waals surface area (Å²) in [5.74, 6) is -3.98. The Balaban J connectivity index is 0.000000120. The van der Waals surface area contributed by atoms with Crippen LogP contribution in [0, 0.1) is 6.92 Å². The average Bonchev–Trinajstić information content (AvgIpc) is 1.68. The lowest BCUT2D eigenvalue weighted by molar-refractivity contribution is 0.100. The lowest BCUT2D eigenvalue weighted by atomic mass is 9.99. The molecule has 0 aliphatic heterocycles. The molecule has 16 aromatic carbocycles. The number of benzene rings is 16.